The number of benzene rings is 2. The van der Waals surface area contributed by atoms with Crippen LogP contribution in [0.1, 0.15) is 33.3 Å². The molecule has 2 aromatic carbocycles. The van der Waals surface area contributed by atoms with E-state index in [1.165, 1.54) is 18.4 Å². The Hall–Kier alpha value is -3.85. The summed E-state index contributed by atoms with van der Waals surface area (Å²) in [6.07, 6.45) is 2.03. The van der Waals surface area contributed by atoms with Gasteiger partial charge >= 0.3 is 17.3 Å². The van der Waals surface area contributed by atoms with Crippen LogP contribution in [-0.2, 0) is 24.4 Å². The molecule has 0 atom stereocenters. The standard InChI is InChI=1S/C27H30ClN5O4/c1-17(2)14-31-12-11-19-13-21(9-10-22(19)31)29-24-30-25(36)33(16-27(3,4)23(34)35)26(37)32(24)15-18-5-7-20(28)8-6-18/h5-13,17H,14-16H2,1-4H3,(H,34,35)(H,29,30,36). The first-order valence-corrected chi connectivity index (χ1v) is 12.4. The number of carboxylic acid groups (broad SMARTS) is 1. The highest BCUT2D eigenvalue weighted by molar-refractivity contribution is 6.30. The Morgan fingerprint density at radius 3 is 2.43 bits per heavy atom. The number of carbonyl (C=O) groups is 1. The van der Waals surface area contributed by atoms with E-state index in [0.29, 0.717) is 16.6 Å². The molecule has 0 amide bonds. The number of fused-ring (bicyclic) bond motifs is 1. The van der Waals surface area contributed by atoms with Crippen LogP contribution < -0.4 is 17.0 Å². The van der Waals surface area contributed by atoms with Crippen LogP contribution in [0.25, 0.3) is 10.9 Å². The van der Waals surface area contributed by atoms with Crippen molar-refractivity contribution in [1.82, 2.24) is 18.7 Å². The molecule has 9 nitrogen and oxygen atoms in total. The molecule has 4 rings (SSSR count). The summed E-state index contributed by atoms with van der Waals surface area (Å²) >= 11 is 6.01. The Labute approximate surface area is 218 Å². The minimum absolute atomic E-state index is 0.0651. The normalized spacial score (nSPS) is 12.5. The highest BCUT2D eigenvalue weighted by Gasteiger charge is 2.29. The number of H-pyrrole nitrogens is 1. The maximum atomic E-state index is 13.5. The molecule has 194 valence electrons. The van der Waals surface area contributed by atoms with Crippen molar-refractivity contribution in [3.8, 4) is 0 Å². The fraction of sp³-hybridized carbons (Fsp3) is 0.333. The van der Waals surface area contributed by atoms with Crippen molar-refractivity contribution in [3.63, 3.8) is 0 Å². The van der Waals surface area contributed by atoms with Crippen molar-refractivity contribution in [2.24, 2.45) is 16.3 Å². The van der Waals surface area contributed by atoms with Gasteiger partial charge in [0.05, 0.1) is 17.6 Å². The monoisotopic (exact) mass is 523 g/mol. The molecule has 0 saturated heterocycles. The molecule has 2 N–H and O–H groups in total. The number of aliphatic carboxylic acids is 1. The van der Waals surface area contributed by atoms with E-state index in [2.05, 4.69) is 28.4 Å². The number of aromatic amines is 1. The molecule has 0 aliphatic heterocycles. The zero-order chi connectivity index (χ0) is 26.9. The van der Waals surface area contributed by atoms with Gasteiger partial charge in [-0.25, -0.2) is 19.1 Å². The van der Waals surface area contributed by atoms with Crippen molar-refractivity contribution < 1.29 is 9.90 Å². The fourth-order valence-corrected chi connectivity index (χ4v) is 4.22. The summed E-state index contributed by atoms with van der Waals surface area (Å²) in [4.78, 5) is 45.4. The van der Waals surface area contributed by atoms with Crippen molar-refractivity contribution in [1.29, 1.82) is 0 Å². The van der Waals surface area contributed by atoms with Gasteiger partial charge in [-0.3, -0.25) is 14.3 Å². The molecular weight excluding hydrogens is 494 g/mol. The quantitative estimate of drug-likeness (QED) is 0.363. The molecule has 0 aliphatic carbocycles. The topological polar surface area (TPSA) is 114 Å². The second kappa shape index (κ2) is 10.3. The average molecular weight is 524 g/mol. The molecule has 2 heterocycles. The number of rotatable bonds is 8. The van der Waals surface area contributed by atoms with Crippen LogP contribution in [0.5, 0.6) is 0 Å². The number of halogens is 1. The van der Waals surface area contributed by atoms with Gasteiger partial charge in [0.15, 0.2) is 0 Å². The first kappa shape index (κ1) is 26.2. The van der Waals surface area contributed by atoms with Crippen LogP contribution in [-0.4, -0.2) is 29.8 Å². The largest absolute Gasteiger partial charge is 0.481 e. The number of nitrogens with zero attached hydrogens (tertiary/aromatic N) is 4. The van der Waals surface area contributed by atoms with Crippen LogP contribution in [0.15, 0.2) is 69.3 Å². The lowest BCUT2D eigenvalue weighted by atomic mass is 9.94. The molecule has 0 bridgehead atoms. The number of carboxylic acids is 1. The molecule has 0 unspecified atom stereocenters. The molecule has 0 spiro atoms. The predicted molar refractivity (Wildman–Crippen MR) is 143 cm³/mol. The van der Waals surface area contributed by atoms with Crippen LogP contribution in [0, 0.1) is 11.3 Å². The zero-order valence-corrected chi connectivity index (χ0v) is 22.0. The lowest BCUT2D eigenvalue weighted by molar-refractivity contribution is -0.147. The SMILES string of the molecule is CC(C)Cn1ccc2cc(/N=c3\[nH]c(=O)n(CC(C)(C)C(=O)O)c(=O)n3Cc3ccc(Cl)cc3)ccc21. The van der Waals surface area contributed by atoms with E-state index in [4.69, 9.17) is 11.6 Å². The van der Waals surface area contributed by atoms with Gasteiger partial charge in [0.1, 0.15) is 0 Å². The van der Waals surface area contributed by atoms with Gasteiger partial charge in [-0.05, 0) is 61.7 Å². The Morgan fingerprint density at radius 2 is 1.78 bits per heavy atom. The molecule has 0 saturated carbocycles. The summed E-state index contributed by atoms with van der Waals surface area (Å²) in [5.41, 5.74) is -0.247. The number of hydrogen-bond donors (Lipinski definition) is 2. The van der Waals surface area contributed by atoms with Crippen LogP contribution in [0.2, 0.25) is 5.02 Å². The number of nitrogens with one attached hydrogen (secondary N) is 1. The van der Waals surface area contributed by atoms with Gasteiger partial charge in [0.2, 0.25) is 5.62 Å². The van der Waals surface area contributed by atoms with Crippen molar-refractivity contribution >= 4 is 34.2 Å². The Kier molecular flexibility index (Phi) is 7.27. The third kappa shape index (κ3) is 5.77. The van der Waals surface area contributed by atoms with E-state index < -0.39 is 22.8 Å². The van der Waals surface area contributed by atoms with E-state index in [1.54, 1.807) is 24.3 Å². The first-order valence-electron chi connectivity index (χ1n) is 12.0. The molecular formula is C27H30ClN5O4. The van der Waals surface area contributed by atoms with Gasteiger partial charge in [-0.2, -0.15) is 0 Å². The molecule has 37 heavy (non-hydrogen) atoms. The summed E-state index contributed by atoms with van der Waals surface area (Å²) in [5, 5.41) is 11.1. The van der Waals surface area contributed by atoms with Crippen molar-refractivity contribution in [2.45, 2.75) is 47.3 Å². The Bertz CT molecular complexity index is 1640. The summed E-state index contributed by atoms with van der Waals surface area (Å²) < 4.78 is 4.41. The lowest BCUT2D eigenvalue weighted by Gasteiger charge is -2.20. The summed E-state index contributed by atoms with van der Waals surface area (Å²) in [7, 11) is 0. The maximum absolute atomic E-state index is 13.5. The zero-order valence-electron chi connectivity index (χ0n) is 21.2. The summed E-state index contributed by atoms with van der Waals surface area (Å²) in [6.45, 7) is 7.93. The number of hydrogen-bond acceptors (Lipinski definition) is 4. The van der Waals surface area contributed by atoms with Crippen molar-refractivity contribution in [2.75, 3.05) is 0 Å². The van der Waals surface area contributed by atoms with Gasteiger partial charge in [0.25, 0.3) is 0 Å². The third-order valence-electron chi connectivity index (χ3n) is 6.12. The molecule has 0 fully saturated rings. The van der Waals surface area contributed by atoms with Crippen LogP contribution >= 0.6 is 11.6 Å². The minimum atomic E-state index is -1.33. The van der Waals surface area contributed by atoms with Crippen LogP contribution in [0.3, 0.4) is 0 Å². The van der Waals surface area contributed by atoms with Crippen LogP contribution in [0.4, 0.5) is 5.69 Å². The first-order chi connectivity index (χ1) is 17.4. The van der Waals surface area contributed by atoms with Gasteiger partial charge in [0, 0.05) is 35.2 Å². The van der Waals surface area contributed by atoms with Gasteiger partial charge in [-0.1, -0.05) is 37.6 Å². The average Bonchev–Trinajstić information content (AvgIpc) is 3.21. The highest BCUT2D eigenvalue weighted by atomic mass is 35.5. The second-order valence-electron chi connectivity index (χ2n) is 10.2. The van der Waals surface area contributed by atoms with E-state index >= 15 is 0 Å². The number of aromatic nitrogens is 4. The second-order valence-corrected chi connectivity index (χ2v) is 10.7. The Morgan fingerprint density at radius 1 is 1.08 bits per heavy atom. The molecule has 0 aliphatic rings. The van der Waals surface area contributed by atoms with Gasteiger partial charge < -0.3 is 9.67 Å². The van der Waals surface area contributed by atoms with E-state index in [-0.39, 0.29) is 18.7 Å². The molecule has 10 heteroatoms. The highest BCUT2D eigenvalue weighted by Crippen LogP contribution is 2.23. The Balaban J connectivity index is 1.86. The fourth-order valence-electron chi connectivity index (χ4n) is 4.09. The van der Waals surface area contributed by atoms with E-state index in [1.807, 2.05) is 30.5 Å². The van der Waals surface area contributed by atoms with E-state index in [0.717, 1.165) is 27.6 Å². The maximum Gasteiger partial charge on any atom is 0.335 e. The molecule has 4 aromatic rings. The third-order valence-corrected chi connectivity index (χ3v) is 6.37. The predicted octanol–water partition coefficient (Wildman–Crippen LogP) is 3.99. The lowest BCUT2D eigenvalue weighted by Crippen LogP contribution is -2.52. The molecule has 2 aromatic heterocycles. The van der Waals surface area contributed by atoms with E-state index in [9.17, 15) is 19.5 Å². The van der Waals surface area contributed by atoms with Gasteiger partial charge in [-0.15, -0.1) is 0 Å². The minimum Gasteiger partial charge on any atom is -0.481 e. The summed E-state index contributed by atoms with van der Waals surface area (Å²) in [6, 6.07) is 14.7. The van der Waals surface area contributed by atoms with Crippen molar-refractivity contribution in [3.05, 3.63) is 91.9 Å². The smallest absolute Gasteiger partial charge is 0.335 e. The molecule has 0 radical (unpaired) electrons. The summed E-state index contributed by atoms with van der Waals surface area (Å²) in [5.74, 6) is -0.621.